The summed E-state index contributed by atoms with van der Waals surface area (Å²) in [5, 5.41) is 12.4. The van der Waals surface area contributed by atoms with Crippen molar-refractivity contribution in [2.75, 3.05) is 49.4 Å². The number of carbonyl (C=O) groups excluding carboxylic acids is 2. The number of anilines is 2. The maximum absolute atomic E-state index is 13.7. The maximum atomic E-state index is 13.7. The number of nitrogen functional groups attached to an aromatic ring is 2. The number of phosphoric acid groups is 2. The van der Waals surface area contributed by atoms with Gasteiger partial charge in [-0.3, -0.25) is 32.3 Å². The van der Waals surface area contributed by atoms with Crippen LogP contribution in [0.25, 0.3) is 0 Å². The number of unbranched alkanes of at least 4 members (excludes halogenated alkanes) is 26. The van der Waals surface area contributed by atoms with Crippen LogP contribution in [-0.2, 0) is 50.8 Å². The van der Waals surface area contributed by atoms with Gasteiger partial charge < -0.3 is 51.4 Å². The van der Waals surface area contributed by atoms with E-state index in [0.717, 1.165) is 108 Å². The van der Waals surface area contributed by atoms with Crippen molar-refractivity contribution in [1.82, 2.24) is 29.7 Å². The molecule has 3 aromatic rings. The minimum absolute atomic E-state index is 0.115. The van der Waals surface area contributed by atoms with Crippen LogP contribution in [0.3, 0.4) is 0 Å². The SMILES string of the molecule is CC(C)c1cc(C(C)C)c(S(=O)(=O)Cl)c(C(C)C)c1.CCCCCCCCCCCCCCCC[C@H](COP(=O)(O)O)NC(=O)C(F)(F)F.CCCCCCCCCCCCCCCC[C@H](COP(=O)(O)OC[C@@H]1OC(n2cc(F)c(N)nc2=O)CS1)NC(=O)C(F)(F)F.Nc1nc(=O)n(C2CS[C@H](CO)O2)cc1F. The van der Waals surface area contributed by atoms with E-state index in [2.05, 4.69) is 42.2 Å². The number of benzene rings is 1. The third-order valence-electron chi connectivity index (χ3n) is 17.7. The topological polar surface area (TPSA) is 375 Å². The van der Waals surface area contributed by atoms with E-state index in [1.165, 1.54) is 121 Å². The molecule has 0 aliphatic carbocycles. The number of thioether (sulfide) groups is 2. The first-order valence-electron chi connectivity index (χ1n) is 38.0. The van der Waals surface area contributed by atoms with Crippen LogP contribution >= 0.6 is 49.9 Å². The quantitative estimate of drug-likeness (QED) is 0.0113. The Bertz CT molecular complexity index is 3470. The van der Waals surface area contributed by atoms with Crippen LogP contribution < -0.4 is 33.5 Å². The van der Waals surface area contributed by atoms with E-state index in [9.17, 15) is 76.7 Å². The van der Waals surface area contributed by atoms with Gasteiger partial charge in [0.05, 0.1) is 55.8 Å². The van der Waals surface area contributed by atoms with Gasteiger partial charge in [-0.15, -0.1) is 23.5 Å². The Balaban J connectivity index is 0.000000540. The molecule has 2 amide bonds. The second-order valence-electron chi connectivity index (χ2n) is 28.1. The first-order chi connectivity index (χ1) is 51.5. The summed E-state index contributed by atoms with van der Waals surface area (Å²) in [6.45, 7) is 14.6. The van der Waals surface area contributed by atoms with Gasteiger partial charge >= 0.3 is 51.2 Å². The smallest absolute Gasteiger partial charge is 0.393 e. The summed E-state index contributed by atoms with van der Waals surface area (Å²) in [7, 11) is -7.63. The normalized spacial score (nSPS) is 17.2. The number of ether oxygens (including phenoxy) is 2. The summed E-state index contributed by atoms with van der Waals surface area (Å²) in [6.07, 6.45) is 21.9. The number of hydrogen-bond acceptors (Lipinski definition) is 20. The van der Waals surface area contributed by atoms with Crippen LogP contribution in [0.4, 0.5) is 46.8 Å². The molecule has 0 bridgehead atoms. The number of halogens is 9. The Hall–Kier alpha value is -4.00. The second kappa shape index (κ2) is 53.3. The van der Waals surface area contributed by atoms with Gasteiger partial charge in [0.25, 0.3) is 9.05 Å². The van der Waals surface area contributed by atoms with E-state index in [-0.39, 0.29) is 37.0 Å². The van der Waals surface area contributed by atoms with Crippen molar-refractivity contribution < 1.29 is 105 Å². The molecule has 5 rings (SSSR count). The lowest BCUT2D eigenvalue weighted by Crippen LogP contribution is -2.45. The minimum atomic E-state index is -5.12. The maximum Gasteiger partial charge on any atom is 0.472 e. The van der Waals surface area contributed by atoms with Gasteiger partial charge in [-0.1, -0.05) is 247 Å². The molecule has 3 unspecified atom stereocenters. The lowest BCUT2D eigenvalue weighted by Gasteiger charge is -2.21. The number of rotatable bonds is 48. The van der Waals surface area contributed by atoms with Crippen molar-refractivity contribution in [3.05, 3.63) is 73.8 Å². The number of alkyl halides is 6. The monoisotopic (exact) mass is 1700 g/mol. The molecule has 2 aromatic heterocycles. The van der Waals surface area contributed by atoms with E-state index in [1.54, 1.807) is 5.32 Å². The largest absolute Gasteiger partial charge is 0.472 e. The Morgan fingerprint density at radius 2 is 0.909 bits per heavy atom. The van der Waals surface area contributed by atoms with E-state index < -0.39 is 139 Å². The average Bonchev–Trinajstić information content (AvgIpc) is 0.939. The molecule has 25 nitrogen and oxygen atoms in total. The molecule has 2 aliphatic rings. The molecule has 39 heteroatoms. The lowest BCUT2D eigenvalue weighted by atomic mass is 9.89. The van der Waals surface area contributed by atoms with Gasteiger partial charge in [0, 0.05) is 22.2 Å². The highest BCUT2D eigenvalue weighted by molar-refractivity contribution is 8.13. The molecule has 110 heavy (non-hydrogen) atoms. The Labute approximate surface area is 655 Å². The highest BCUT2D eigenvalue weighted by Gasteiger charge is 2.42. The van der Waals surface area contributed by atoms with Crippen LogP contribution in [0, 0.1) is 11.6 Å². The lowest BCUT2D eigenvalue weighted by molar-refractivity contribution is -0.174. The molecule has 2 fully saturated rings. The van der Waals surface area contributed by atoms with E-state index >= 15 is 0 Å². The fourth-order valence-electron chi connectivity index (χ4n) is 11.5. The van der Waals surface area contributed by atoms with Crippen LogP contribution in [-0.4, -0.2) is 132 Å². The third-order valence-corrected chi connectivity index (χ3v) is 22.7. The van der Waals surface area contributed by atoms with Crippen molar-refractivity contribution in [2.24, 2.45) is 0 Å². The molecule has 2 saturated heterocycles. The molecule has 0 radical (unpaired) electrons. The molecule has 636 valence electrons. The number of hydrogen-bond donors (Lipinski definition) is 8. The summed E-state index contributed by atoms with van der Waals surface area (Å²) in [5.41, 5.74) is 10.5. The van der Waals surface area contributed by atoms with Gasteiger partial charge in [-0.05, 0) is 47.3 Å². The van der Waals surface area contributed by atoms with Gasteiger partial charge in [0.15, 0.2) is 23.3 Å². The van der Waals surface area contributed by atoms with E-state index in [0.29, 0.717) is 29.4 Å². The zero-order chi connectivity index (χ0) is 82.8. The van der Waals surface area contributed by atoms with E-state index in [4.69, 9.17) is 55.6 Å². The predicted octanol–water partition coefficient (Wildman–Crippen LogP) is 17.1. The summed E-state index contributed by atoms with van der Waals surface area (Å²) in [4.78, 5) is 80.5. The number of amides is 2. The van der Waals surface area contributed by atoms with Crippen LogP contribution in [0.5, 0.6) is 0 Å². The first-order valence-corrected chi connectivity index (χ1v) is 45.4. The van der Waals surface area contributed by atoms with Gasteiger partial charge in [0.1, 0.15) is 23.3 Å². The number of aromatic nitrogens is 4. The summed E-state index contributed by atoms with van der Waals surface area (Å²) in [6, 6.07) is 1.71. The number of carbonyl (C=O) groups is 2. The molecule has 0 saturated carbocycles. The van der Waals surface area contributed by atoms with Crippen molar-refractivity contribution in [2.45, 2.75) is 318 Å². The summed E-state index contributed by atoms with van der Waals surface area (Å²) >= 11 is 2.46. The molecule has 4 heterocycles. The zero-order valence-corrected chi connectivity index (χ0v) is 69.5. The fraction of sp³-hybridized carbons (Fsp3) is 0.775. The number of nitrogens with one attached hydrogen (secondary N) is 2. The summed E-state index contributed by atoms with van der Waals surface area (Å²) < 4.78 is 177. The first kappa shape index (κ1) is 102. The summed E-state index contributed by atoms with van der Waals surface area (Å²) in [5.74, 6) is -5.73. The van der Waals surface area contributed by atoms with Crippen molar-refractivity contribution in [1.29, 1.82) is 0 Å². The molecule has 10 N–H and O–H groups in total. The number of nitrogens with two attached hydrogens (primary N) is 2. The predicted molar refractivity (Wildman–Crippen MR) is 413 cm³/mol. The highest BCUT2D eigenvalue weighted by atomic mass is 35.7. The molecular weight excluding hydrogens is 1580 g/mol. The number of aliphatic hydroxyl groups excluding tert-OH is 1. The van der Waals surface area contributed by atoms with Crippen molar-refractivity contribution >= 4 is 82.4 Å². The zero-order valence-electron chi connectivity index (χ0n) is 64.5. The minimum Gasteiger partial charge on any atom is -0.393 e. The average molecular weight is 1700 g/mol. The number of aliphatic hydroxyl groups is 1. The molecular formula is C71H119ClF8N8O17P2S3. The second-order valence-corrected chi connectivity index (χ2v) is 35.7. The molecule has 0 spiro atoms. The van der Waals surface area contributed by atoms with Crippen LogP contribution in [0.1, 0.15) is 295 Å². The van der Waals surface area contributed by atoms with Crippen LogP contribution in [0.15, 0.2) is 39.0 Å². The Kier molecular flexibility index (Phi) is 49.4. The van der Waals surface area contributed by atoms with Crippen molar-refractivity contribution in [3.8, 4) is 0 Å². The van der Waals surface area contributed by atoms with Crippen molar-refractivity contribution in [3.63, 3.8) is 0 Å². The third kappa shape index (κ3) is 43.1. The molecule has 7 atom stereocenters. The van der Waals surface area contributed by atoms with Gasteiger partial charge in [-0.2, -0.15) is 36.3 Å². The Morgan fingerprint density at radius 1 is 0.582 bits per heavy atom. The fourth-order valence-corrected chi connectivity index (χ4v) is 16.4. The van der Waals surface area contributed by atoms with Gasteiger partial charge in [0.2, 0.25) is 0 Å². The van der Waals surface area contributed by atoms with Crippen LogP contribution in [0.2, 0.25) is 0 Å². The standard InChI is InChI=1S/C28H47F4N4O7PS.C20H39F3NO5P.C15H23ClO2S.C8H10FN3O3S/c1-2-3-4-5-6-7-8-9-10-11-12-13-14-15-16-21(34-26(37)28(30,31)32)18-41-44(39,40)42-19-24-43-23(20-45-24)36-17-22(29)25(33)35-27(36)38;1-2-3-4-5-6-7-8-9-10-11-12-13-14-15-16-18(17-29-30(26,27)28)24-19(25)20(21,22)23;1-9(2)12-7-13(10(3)4)15(19(16,17)18)14(8-12)11(5)6;9-4-1-12(8(14)11-7(4)10)5-3-16-6(2-13)15-5/h17,21,23-24H,2-16,18-20H2,1H3,(H,34,37)(H,39,40)(H2,33,35,38);18H,2-17H2,1H3,(H,24,25)(H2,26,27,28);7-11H,1-6H3;1,5-6,13H,2-3H2,(H2,10,11,14)/t21-,23?,24-;18-;;5?,6-/m11.1/s1. The molecule has 2 aliphatic heterocycles. The van der Waals surface area contributed by atoms with Gasteiger partial charge in [-0.25, -0.2) is 35.9 Å². The molecule has 1 aromatic carbocycles. The van der Waals surface area contributed by atoms with E-state index in [1.807, 2.05) is 45.1 Å². The Morgan fingerprint density at radius 3 is 1.21 bits per heavy atom. The highest BCUT2D eigenvalue weighted by Crippen LogP contribution is 2.46. The number of phosphoric ester groups is 2. The number of nitrogens with zero attached hydrogens (tertiary/aromatic N) is 4.